The highest BCUT2D eigenvalue weighted by atomic mass is 16.5. The van der Waals surface area contributed by atoms with Crippen LogP contribution in [0.2, 0.25) is 0 Å². The minimum atomic E-state index is -0.516. The summed E-state index contributed by atoms with van der Waals surface area (Å²) in [5.41, 5.74) is 0.902. The number of nitrogens with one attached hydrogen (secondary N) is 1. The Balaban J connectivity index is 2.16. The van der Waals surface area contributed by atoms with E-state index in [9.17, 15) is 14.4 Å². The fraction of sp³-hybridized carbons (Fsp3) is 0.214. The van der Waals surface area contributed by atoms with Crippen LogP contribution in [0.3, 0.4) is 0 Å². The first-order valence-corrected chi connectivity index (χ1v) is 6.20. The number of hydrogen-bond donors (Lipinski definition) is 2. The third-order valence-electron chi connectivity index (χ3n) is 2.90. The summed E-state index contributed by atoms with van der Waals surface area (Å²) in [6, 6.07) is 6.37. The Bertz CT molecular complexity index is 624. The van der Waals surface area contributed by atoms with E-state index in [1.54, 1.807) is 18.2 Å². The largest absolute Gasteiger partial charge is 0.465 e. The van der Waals surface area contributed by atoms with Gasteiger partial charge in [0.1, 0.15) is 5.70 Å². The molecule has 1 aliphatic rings. The fourth-order valence-electron chi connectivity index (χ4n) is 1.91. The Hall–Kier alpha value is -2.67. The summed E-state index contributed by atoms with van der Waals surface area (Å²) in [7, 11) is 1.27. The zero-order chi connectivity index (χ0) is 15.4. The van der Waals surface area contributed by atoms with Gasteiger partial charge in [0, 0.05) is 11.8 Å². The molecule has 0 atom stereocenters. The van der Waals surface area contributed by atoms with E-state index in [2.05, 4.69) is 10.1 Å². The second-order valence-corrected chi connectivity index (χ2v) is 4.27. The number of hydrogen-bond acceptors (Lipinski definition) is 6. The maximum atomic E-state index is 12.0. The third-order valence-corrected chi connectivity index (χ3v) is 2.90. The molecule has 110 valence electrons. The summed E-state index contributed by atoms with van der Waals surface area (Å²) in [4.78, 5) is 35.9. The summed E-state index contributed by atoms with van der Waals surface area (Å²) >= 11 is 0. The number of amides is 2. The van der Waals surface area contributed by atoms with Crippen molar-refractivity contribution in [1.29, 1.82) is 0 Å². The highest BCUT2D eigenvalue weighted by Crippen LogP contribution is 2.18. The summed E-state index contributed by atoms with van der Waals surface area (Å²) in [6.07, 6.45) is 1.16. The smallest absolute Gasteiger partial charge is 0.337 e. The molecule has 0 fully saturated rings. The van der Waals surface area contributed by atoms with E-state index < -0.39 is 17.8 Å². The van der Waals surface area contributed by atoms with Crippen molar-refractivity contribution in [2.24, 2.45) is 0 Å². The van der Waals surface area contributed by atoms with Crippen LogP contribution in [0.25, 0.3) is 0 Å². The van der Waals surface area contributed by atoms with Crippen molar-refractivity contribution in [3.05, 3.63) is 41.6 Å². The number of imide groups is 1. The summed E-state index contributed by atoms with van der Waals surface area (Å²) < 4.78 is 4.61. The molecule has 2 rings (SSSR count). The molecular weight excluding hydrogens is 276 g/mol. The van der Waals surface area contributed by atoms with Gasteiger partial charge in [0.2, 0.25) is 0 Å². The van der Waals surface area contributed by atoms with Crippen molar-refractivity contribution >= 4 is 23.5 Å². The van der Waals surface area contributed by atoms with Gasteiger partial charge in [-0.05, 0) is 18.2 Å². The Morgan fingerprint density at radius 1 is 1.38 bits per heavy atom. The van der Waals surface area contributed by atoms with Gasteiger partial charge in [0.25, 0.3) is 11.8 Å². The van der Waals surface area contributed by atoms with Crippen molar-refractivity contribution in [3.8, 4) is 0 Å². The van der Waals surface area contributed by atoms with Gasteiger partial charge in [-0.3, -0.25) is 14.5 Å². The molecule has 0 saturated carbocycles. The Kier molecular flexibility index (Phi) is 4.34. The SMILES string of the molecule is COC(=O)c1cccc(NC2=CC(=O)N(CCO)C2=O)c1. The molecule has 2 N–H and O–H groups in total. The van der Waals surface area contributed by atoms with Gasteiger partial charge < -0.3 is 15.2 Å². The second kappa shape index (κ2) is 6.19. The van der Waals surface area contributed by atoms with E-state index in [0.29, 0.717) is 11.3 Å². The van der Waals surface area contributed by atoms with Crippen molar-refractivity contribution < 1.29 is 24.2 Å². The van der Waals surface area contributed by atoms with Crippen LogP contribution in [0.4, 0.5) is 5.69 Å². The zero-order valence-corrected chi connectivity index (χ0v) is 11.3. The maximum Gasteiger partial charge on any atom is 0.337 e. The highest BCUT2D eigenvalue weighted by Gasteiger charge is 2.30. The summed E-state index contributed by atoms with van der Waals surface area (Å²) in [5.74, 6) is -1.50. The highest BCUT2D eigenvalue weighted by molar-refractivity contribution is 6.17. The Labute approximate surface area is 120 Å². The monoisotopic (exact) mass is 290 g/mol. The lowest BCUT2D eigenvalue weighted by Gasteiger charge is -2.13. The molecule has 2 amide bonds. The molecule has 1 aliphatic heterocycles. The van der Waals surface area contributed by atoms with Crippen molar-refractivity contribution in [1.82, 2.24) is 4.90 Å². The maximum absolute atomic E-state index is 12.0. The van der Waals surface area contributed by atoms with E-state index in [-0.39, 0.29) is 18.8 Å². The normalized spacial score (nSPS) is 14.2. The predicted molar refractivity (Wildman–Crippen MR) is 73.3 cm³/mol. The molecule has 0 bridgehead atoms. The van der Waals surface area contributed by atoms with Crippen LogP contribution in [0, 0.1) is 0 Å². The topological polar surface area (TPSA) is 95.9 Å². The first-order valence-electron chi connectivity index (χ1n) is 6.20. The van der Waals surface area contributed by atoms with Gasteiger partial charge in [-0.25, -0.2) is 4.79 Å². The number of β-amino-alcohol motifs (C(OH)–C–C–N with tert-alkyl or cyclic N) is 1. The minimum absolute atomic E-state index is 0.0540. The number of ether oxygens (including phenoxy) is 1. The first-order chi connectivity index (χ1) is 10.1. The molecule has 7 nitrogen and oxygen atoms in total. The molecule has 0 aromatic heterocycles. The predicted octanol–water partition coefficient (Wildman–Crippen LogP) is 0.130. The quantitative estimate of drug-likeness (QED) is 0.591. The second-order valence-electron chi connectivity index (χ2n) is 4.27. The summed E-state index contributed by atoms with van der Waals surface area (Å²) in [6.45, 7) is -0.349. The van der Waals surface area contributed by atoms with E-state index in [1.165, 1.54) is 13.2 Å². The minimum Gasteiger partial charge on any atom is -0.465 e. The van der Waals surface area contributed by atoms with Crippen LogP contribution in [-0.4, -0.2) is 48.1 Å². The number of methoxy groups -OCH3 is 1. The number of nitrogens with zero attached hydrogens (tertiary/aromatic N) is 1. The Morgan fingerprint density at radius 2 is 2.14 bits per heavy atom. The van der Waals surface area contributed by atoms with E-state index in [4.69, 9.17) is 5.11 Å². The average Bonchev–Trinajstić information content (AvgIpc) is 2.75. The number of aliphatic hydroxyl groups is 1. The number of carbonyl (C=O) groups is 3. The molecule has 0 spiro atoms. The number of benzene rings is 1. The molecule has 0 aliphatic carbocycles. The fourth-order valence-corrected chi connectivity index (χ4v) is 1.91. The lowest BCUT2D eigenvalue weighted by Crippen LogP contribution is -2.34. The lowest BCUT2D eigenvalue weighted by molar-refractivity contribution is -0.137. The van der Waals surface area contributed by atoms with Crippen LogP contribution in [-0.2, 0) is 14.3 Å². The van der Waals surface area contributed by atoms with Crippen molar-refractivity contribution in [3.63, 3.8) is 0 Å². The van der Waals surface area contributed by atoms with E-state index >= 15 is 0 Å². The molecule has 1 aromatic rings. The molecule has 0 unspecified atom stereocenters. The number of rotatable bonds is 5. The zero-order valence-electron chi connectivity index (χ0n) is 11.3. The molecule has 1 heterocycles. The van der Waals surface area contributed by atoms with E-state index in [0.717, 1.165) is 11.0 Å². The molecule has 0 saturated heterocycles. The Morgan fingerprint density at radius 3 is 2.81 bits per heavy atom. The van der Waals surface area contributed by atoms with Crippen LogP contribution in [0.15, 0.2) is 36.0 Å². The van der Waals surface area contributed by atoms with Gasteiger partial charge >= 0.3 is 5.97 Å². The van der Waals surface area contributed by atoms with Crippen LogP contribution in [0.5, 0.6) is 0 Å². The molecular formula is C14H14N2O5. The van der Waals surface area contributed by atoms with Crippen LogP contribution < -0.4 is 5.32 Å². The van der Waals surface area contributed by atoms with E-state index in [1.807, 2.05) is 0 Å². The lowest BCUT2D eigenvalue weighted by atomic mass is 10.2. The number of esters is 1. The first kappa shape index (κ1) is 14.7. The standard InChI is InChI=1S/C14H14N2O5/c1-21-14(20)9-3-2-4-10(7-9)15-11-8-12(18)16(5-6-17)13(11)19/h2-4,7-8,15,17H,5-6H2,1H3. The van der Waals surface area contributed by atoms with Crippen LogP contribution >= 0.6 is 0 Å². The third kappa shape index (κ3) is 3.09. The van der Waals surface area contributed by atoms with Crippen molar-refractivity contribution in [2.75, 3.05) is 25.6 Å². The van der Waals surface area contributed by atoms with Gasteiger partial charge in [-0.2, -0.15) is 0 Å². The molecule has 0 radical (unpaired) electrons. The van der Waals surface area contributed by atoms with Crippen LogP contribution in [0.1, 0.15) is 10.4 Å². The van der Waals surface area contributed by atoms with Gasteiger partial charge in [-0.15, -0.1) is 0 Å². The van der Waals surface area contributed by atoms with Gasteiger partial charge in [-0.1, -0.05) is 6.07 Å². The number of anilines is 1. The average molecular weight is 290 g/mol. The molecule has 21 heavy (non-hydrogen) atoms. The van der Waals surface area contributed by atoms with Gasteiger partial charge in [0.15, 0.2) is 0 Å². The van der Waals surface area contributed by atoms with Gasteiger partial charge in [0.05, 0.1) is 25.8 Å². The number of carbonyl (C=O) groups excluding carboxylic acids is 3. The number of aliphatic hydroxyl groups excluding tert-OH is 1. The molecule has 7 heteroatoms. The molecule has 1 aromatic carbocycles. The van der Waals surface area contributed by atoms with Crippen molar-refractivity contribution in [2.45, 2.75) is 0 Å². The summed E-state index contributed by atoms with van der Waals surface area (Å²) in [5, 5.41) is 11.6.